The molecule has 28 heavy (non-hydrogen) atoms. The molecule has 0 aliphatic rings. The predicted molar refractivity (Wildman–Crippen MR) is 89.2 cm³/mol. The minimum atomic E-state index is -4.55. The van der Waals surface area contributed by atoms with Crippen molar-refractivity contribution < 1.29 is 36.3 Å². The predicted octanol–water partition coefficient (Wildman–Crippen LogP) is 4.24. The van der Waals surface area contributed by atoms with Gasteiger partial charge in [0.2, 0.25) is 0 Å². The molecule has 0 heterocycles. The van der Waals surface area contributed by atoms with E-state index in [1.54, 1.807) is 0 Å². The van der Waals surface area contributed by atoms with Crippen LogP contribution in [0.1, 0.15) is 34.3 Å². The fraction of sp³-hybridized carbons (Fsp3) is 0.263. The van der Waals surface area contributed by atoms with Crippen LogP contribution in [0.25, 0.3) is 0 Å². The maximum atomic E-state index is 13.5. The molecule has 0 bridgehead atoms. The highest BCUT2D eigenvalue weighted by atomic mass is 19.4. The third kappa shape index (κ3) is 6.04. The Hall–Kier alpha value is -2.97. The minimum absolute atomic E-state index is 0.00386. The first-order valence-corrected chi connectivity index (χ1v) is 8.22. The van der Waals surface area contributed by atoms with Crippen LogP contribution in [0.4, 0.5) is 22.0 Å². The number of amides is 1. The first kappa shape index (κ1) is 21.3. The van der Waals surface area contributed by atoms with Gasteiger partial charge < -0.3 is 10.1 Å². The van der Waals surface area contributed by atoms with Crippen LogP contribution in [-0.4, -0.2) is 18.4 Å². The molecular formula is C19H16F5NO3. The number of esters is 1. The van der Waals surface area contributed by atoms with Crippen molar-refractivity contribution in [1.82, 2.24) is 5.32 Å². The standard InChI is InChI=1S/C19H16F5NO3/c20-13-7-8-14(16(21)10-13)18(27)25-9-3-6-17(26)28-11-12-4-1-2-5-15(12)19(22,23)24/h1-2,4-5,7-8,10H,3,6,9,11H2,(H,25,27). The van der Waals surface area contributed by atoms with Crippen LogP contribution in [0.2, 0.25) is 0 Å². The Labute approximate surface area is 157 Å². The zero-order chi connectivity index (χ0) is 20.7. The van der Waals surface area contributed by atoms with E-state index in [1.807, 2.05) is 0 Å². The Morgan fingerprint density at radius 1 is 1.04 bits per heavy atom. The summed E-state index contributed by atoms with van der Waals surface area (Å²) in [5.41, 5.74) is -1.38. The Kier molecular flexibility index (Phi) is 7.08. The number of carbonyl (C=O) groups excluding carboxylic acids is 2. The zero-order valence-electron chi connectivity index (χ0n) is 14.5. The minimum Gasteiger partial charge on any atom is -0.461 e. The smallest absolute Gasteiger partial charge is 0.416 e. The van der Waals surface area contributed by atoms with Gasteiger partial charge in [0, 0.05) is 24.6 Å². The number of carbonyl (C=O) groups is 2. The van der Waals surface area contributed by atoms with Crippen molar-refractivity contribution in [2.75, 3.05) is 6.54 Å². The van der Waals surface area contributed by atoms with Crippen molar-refractivity contribution in [3.05, 3.63) is 70.8 Å². The second-order valence-electron chi connectivity index (χ2n) is 5.80. The number of halogens is 5. The van der Waals surface area contributed by atoms with Crippen molar-refractivity contribution in [2.24, 2.45) is 0 Å². The van der Waals surface area contributed by atoms with E-state index in [1.165, 1.54) is 18.2 Å². The molecule has 2 aromatic rings. The first-order valence-electron chi connectivity index (χ1n) is 8.22. The summed E-state index contributed by atoms with van der Waals surface area (Å²) in [4.78, 5) is 23.4. The largest absolute Gasteiger partial charge is 0.461 e. The van der Waals surface area contributed by atoms with Gasteiger partial charge >= 0.3 is 12.1 Å². The quantitative estimate of drug-likeness (QED) is 0.429. The van der Waals surface area contributed by atoms with Crippen LogP contribution in [-0.2, 0) is 22.3 Å². The van der Waals surface area contributed by atoms with E-state index in [9.17, 15) is 31.5 Å². The molecule has 0 aliphatic heterocycles. The summed E-state index contributed by atoms with van der Waals surface area (Å²) in [6.07, 6.45) is -4.57. The highest BCUT2D eigenvalue weighted by Crippen LogP contribution is 2.32. The fourth-order valence-electron chi connectivity index (χ4n) is 2.36. The number of hydrogen-bond donors (Lipinski definition) is 1. The number of nitrogens with one attached hydrogen (secondary N) is 1. The van der Waals surface area contributed by atoms with Crippen molar-refractivity contribution >= 4 is 11.9 Å². The average molecular weight is 401 g/mol. The van der Waals surface area contributed by atoms with Crippen molar-refractivity contribution in [1.29, 1.82) is 0 Å². The fourth-order valence-corrected chi connectivity index (χ4v) is 2.36. The Morgan fingerprint density at radius 3 is 2.43 bits per heavy atom. The molecule has 0 atom stereocenters. The third-order valence-electron chi connectivity index (χ3n) is 3.73. The molecule has 0 aromatic heterocycles. The number of rotatable bonds is 7. The lowest BCUT2D eigenvalue weighted by Gasteiger charge is -2.12. The second-order valence-corrected chi connectivity index (χ2v) is 5.80. The maximum absolute atomic E-state index is 13.5. The van der Waals surface area contributed by atoms with Gasteiger partial charge in [0.1, 0.15) is 18.2 Å². The van der Waals surface area contributed by atoms with Gasteiger partial charge in [-0.2, -0.15) is 13.2 Å². The third-order valence-corrected chi connectivity index (χ3v) is 3.73. The summed E-state index contributed by atoms with van der Waals surface area (Å²) in [6.45, 7) is -0.522. The summed E-state index contributed by atoms with van der Waals surface area (Å²) in [6, 6.07) is 7.26. The molecule has 0 saturated carbocycles. The molecule has 4 nitrogen and oxygen atoms in total. The van der Waals surface area contributed by atoms with Crippen LogP contribution in [0.5, 0.6) is 0 Å². The van der Waals surface area contributed by atoms with Crippen LogP contribution < -0.4 is 5.32 Å². The number of hydrogen-bond acceptors (Lipinski definition) is 3. The molecule has 0 aliphatic carbocycles. The Bertz CT molecular complexity index is 852. The summed E-state index contributed by atoms with van der Waals surface area (Å²) >= 11 is 0. The number of alkyl halides is 3. The first-order chi connectivity index (χ1) is 13.2. The van der Waals surface area contributed by atoms with E-state index in [2.05, 4.69) is 5.32 Å². The lowest BCUT2D eigenvalue weighted by molar-refractivity contribution is -0.147. The monoisotopic (exact) mass is 401 g/mol. The van der Waals surface area contributed by atoms with Crippen LogP contribution in [0.15, 0.2) is 42.5 Å². The van der Waals surface area contributed by atoms with Crippen molar-refractivity contribution in [3.63, 3.8) is 0 Å². The van der Waals surface area contributed by atoms with Gasteiger partial charge in [-0.25, -0.2) is 8.78 Å². The van der Waals surface area contributed by atoms with E-state index in [0.717, 1.165) is 18.2 Å². The van der Waals surface area contributed by atoms with Crippen molar-refractivity contribution in [3.8, 4) is 0 Å². The van der Waals surface area contributed by atoms with E-state index in [0.29, 0.717) is 6.07 Å². The molecule has 0 fully saturated rings. The lowest BCUT2D eigenvalue weighted by atomic mass is 10.1. The number of ether oxygens (including phenoxy) is 1. The summed E-state index contributed by atoms with van der Waals surface area (Å²) in [5.74, 6) is -3.34. The summed E-state index contributed by atoms with van der Waals surface area (Å²) in [5, 5.41) is 2.36. The molecule has 0 unspecified atom stereocenters. The number of benzene rings is 2. The molecule has 9 heteroatoms. The Morgan fingerprint density at radius 2 is 1.75 bits per heavy atom. The lowest BCUT2D eigenvalue weighted by Crippen LogP contribution is -2.26. The molecule has 150 valence electrons. The molecule has 0 saturated heterocycles. The second kappa shape index (κ2) is 9.29. The highest BCUT2D eigenvalue weighted by molar-refractivity contribution is 5.94. The molecule has 0 radical (unpaired) electrons. The van der Waals surface area contributed by atoms with Gasteiger partial charge in [0.25, 0.3) is 5.91 Å². The summed E-state index contributed by atoms with van der Waals surface area (Å²) < 4.78 is 69.7. The van der Waals surface area contributed by atoms with Crippen LogP contribution in [0.3, 0.4) is 0 Å². The molecule has 1 amide bonds. The molecule has 2 rings (SSSR count). The van der Waals surface area contributed by atoms with Gasteiger partial charge in [-0.1, -0.05) is 18.2 Å². The Balaban J connectivity index is 1.76. The average Bonchev–Trinajstić information content (AvgIpc) is 2.63. The maximum Gasteiger partial charge on any atom is 0.416 e. The molecule has 1 N–H and O–H groups in total. The highest BCUT2D eigenvalue weighted by Gasteiger charge is 2.33. The SMILES string of the molecule is O=C(CCCNC(=O)c1ccc(F)cc1F)OCc1ccccc1C(F)(F)F. The van der Waals surface area contributed by atoms with Gasteiger partial charge in [-0.05, 0) is 24.6 Å². The van der Waals surface area contributed by atoms with Gasteiger partial charge in [-0.15, -0.1) is 0 Å². The summed E-state index contributed by atoms with van der Waals surface area (Å²) in [7, 11) is 0. The van der Waals surface area contributed by atoms with Crippen LogP contribution >= 0.6 is 0 Å². The van der Waals surface area contributed by atoms with Gasteiger partial charge in [-0.3, -0.25) is 9.59 Å². The van der Waals surface area contributed by atoms with E-state index in [-0.39, 0.29) is 30.5 Å². The normalized spacial score (nSPS) is 11.2. The topological polar surface area (TPSA) is 55.4 Å². The molecule has 2 aromatic carbocycles. The van der Waals surface area contributed by atoms with E-state index < -0.39 is 41.9 Å². The van der Waals surface area contributed by atoms with E-state index in [4.69, 9.17) is 4.74 Å². The van der Waals surface area contributed by atoms with Crippen LogP contribution in [0, 0.1) is 11.6 Å². The van der Waals surface area contributed by atoms with Gasteiger partial charge in [0.15, 0.2) is 0 Å². The van der Waals surface area contributed by atoms with E-state index >= 15 is 0 Å². The molecular weight excluding hydrogens is 385 g/mol. The van der Waals surface area contributed by atoms with Crippen molar-refractivity contribution in [2.45, 2.75) is 25.6 Å². The van der Waals surface area contributed by atoms with Gasteiger partial charge in [0.05, 0.1) is 11.1 Å². The zero-order valence-corrected chi connectivity index (χ0v) is 14.5. The molecule has 0 spiro atoms.